The number of pyridine rings is 1. The van der Waals surface area contributed by atoms with Gasteiger partial charge in [-0.15, -0.1) is 0 Å². The lowest BCUT2D eigenvalue weighted by Crippen LogP contribution is -2.46. The van der Waals surface area contributed by atoms with Crippen LogP contribution in [0, 0.1) is 5.41 Å². The van der Waals surface area contributed by atoms with Crippen LogP contribution in [0.25, 0.3) is 0 Å². The number of Topliss-reactive ketones (excluding diaryl/α,β-unsaturated/α-hetero) is 1. The molecule has 1 aliphatic rings. The molecule has 0 radical (unpaired) electrons. The van der Waals surface area contributed by atoms with Gasteiger partial charge in [0.15, 0.2) is 12.4 Å². The Labute approximate surface area is 130 Å². The molecule has 0 aromatic carbocycles. The van der Waals surface area contributed by atoms with Crippen LogP contribution in [0.15, 0.2) is 24.5 Å². The Kier molecular flexibility index (Phi) is 5.26. The van der Waals surface area contributed by atoms with Crippen molar-refractivity contribution in [2.75, 3.05) is 19.7 Å². The van der Waals surface area contributed by atoms with Crippen LogP contribution in [0.4, 0.5) is 0 Å². The van der Waals surface area contributed by atoms with E-state index in [1.807, 2.05) is 41.0 Å². The second-order valence-electron chi connectivity index (χ2n) is 6.24. The molecule has 0 unspecified atom stereocenters. The number of ketones is 1. The maximum Gasteiger partial charge on any atom is 0.259 e. The summed E-state index contributed by atoms with van der Waals surface area (Å²) in [5, 5.41) is 0. The highest BCUT2D eigenvalue weighted by Crippen LogP contribution is 2.35. The van der Waals surface area contributed by atoms with Crippen LogP contribution < -0.4 is 10.5 Å². The number of aryl methyl sites for hydroxylation is 1. The Morgan fingerprint density at radius 2 is 2.09 bits per heavy atom. The monoisotopic (exact) mass is 306 g/mol. The van der Waals surface area contributed by atoms with Crippen molar-refractivity contribution in [1.29, 1.82) is 0 Å². The van der Waals surface area contributed by atoms with Crippen LogP contribution >= 0.6 is 0 Å². The highest BCUT2D eigenvalue weighted by molar-refractivity contribution is 5.93. The molecule has 22 heavy (non-hydrogen) atoms. The second kappa shape index (κ2) is 6.98. The second-order valence-corrected chi connectivity index (χ2v) is 6.24. The quantitative estimate of drug-likeness (QED) is 0.638. The van der Waals surface area contributed by atoms with Crippen molar-refractivity contribution in [1.82, 2.24) is 4.90 Å². The van der Waals surface area contributed by atoms with E-state index < -0.39 is 0 Å². The van der Waals surface area contributed by atoms with Crippen LogP contribution in [0.3, 0.4) is 0 Å². The highest BCUT2D eigenvalue weighted by Gasteiger charge is 2.37. The minimum absolute atomic E-state index is 0.0290. The van der Waals surface area contributed by atoms with Gasteiger partial charge in [-0.3, -0.25) is 4.79 Å². The van der Waals surface area contributed by atoms with E-state index >= 15 is 0 Å². The molecular weight excluding hydrogens is 282 g/mol. The van der Waals surface area contributed by atoms with Crippen molar-refractivity contribution in [2.45, 2.75) is 26.2 Å². The molecule has 6 nitrogen and oxygen atoms in total. The third kappa shape index (κ3) is 3.90. The maximum atomic E-state index is 12.5. The van der Waals surface area contributed by atoms with E-state index in [-0.39, 0.29) is 17.1 Å². The Morgan fingerprint density at radius 3 is 2.64 bits per heavy atom. The van der Waals surface area contributed by atoms with Crippen molar-refractivity contribution in [3.63, 3.8) is 0 Å². The summed E-state index contributed by atoms with van der Waals surface area (Å²) < 4.78 is 1.86. The molecule has 6 heteroatoms. The summed E-state index contributed by atoms with van der Waals surface area (Å²) in [5.41, 5.74) is 0.442. The van der Waals surface area contributed by atoms with Gasteiger partial charge in [0.25, 0.3) is 5.91 Å². The van der Waals surface area contributed by atoms with E-state index in [1.165, 1.54) is 0 Å². The fourth-order valence-electron chi connectivity index (χ4n) is 3.16. The Hall–Kier alpha value is -1.79. The lowest BCUT2D eigenvalue weighted by Gasteiger charge is -2.40. The summed E-state index contributed by atoms with van der Waals surface area (Å²) in [6, 6.07) is 3.68. The zero-order valence-corrected chi connectivity index (χ0v) is 13.2. The average Bonchev–Trinajstić information content (AvgIpc) is 2.47. The van der Waals surface area contributed by atoms with Crippen LogP contribution in [-0.4, -0.2) is 36.3 Å². The van der Waals surface area contributed by atoms with Gasteiger partial charge in [0, 0.05) is 31.0 Å². The number of carbonyl (C=O) groups is 2. The van der Waals surface area contributed by atoms with E-state index in [1.54, 1.807) is 6.92 Å². The number of carbonyl (C=O) groups excluding carboxylic acids is 2. The summed E-state index contributed by atoms with van der Waals surface area (Å²) in [6.45, 7) is 3.18. The molecule has 1 amide bonds. The molecular formula is C16H24N3O3+. The summed E-state index contributed by atoms with van der Waals surface area (Å²) in [5.74, 6) is 5.39. The van der Waals surface area contributed by atoms with Gasteiger partial charge < -0.3 is 14.5 Å². The van der Waals surface area contributed by atoms with Gasteiger partial charge in [-0.1, -0.05) is 0 Å². The van der Waals surface area contributed by atoms with E-state index in [4.69, 9.17) is 10.7 Å². The first kappa shape index (κ1) is 16.6. The van der Waals surface area contributed by atoms with Crippen LogP contribution in [-0.2, 0) is 16.7 Å². The smallest absolute Gasteiger partial charge is 0.259 e. The van der Waals surface area contributed by atoms with Gasteiger partial charge in [0.05, 0.1) is 6.61 Å². The van der Waals surface area contributed by atoms with Crippen LogP contribution in [0.5, 0.6) is 0 Å². The minimum Gasteiger partial charge on any atom is -0.338 e. The van der Waals surface area contributed by atoms with Gasteiger partial charge in [0.2, 0.25) is 0 Å². The van der Waals surface area contributed by atoms with Gasteiger partial charge in [-0.25, -0.2) is 10.5 Å². The molecule has 0 aliphatic carbocycles. The molecule has 2 rings (SSSR count). The van der Waals surface area contributed by atoms with Crippen molar-refractivity contribution >= 4 is 11.7 Å². The number of aromatic nitrogens is 1. The van der Waals surface area contributed by atoms with Crippen LogP contribution in [0.1, 0.15) is 36.5 Å². The molecule has 0 bridgehead atoms. The first-order chi connectivity index (χ1) is 10.5. The van der Waals surface area contributed by atoms with Gasteiger partial charge in [-0.2, -0.15) is 0 Å². The summed E-state index contributed by atoms with van der Waals surface area (Å²) in [4.78, 5) is 30.7. The Morgan fingerprint density at radius 1 is 1.41 bits per heavy atom. The fourth-order valence-corrected chi connectivity index (χ4v) is 3.16. The number of piperidine rings is 1. The number of likely N-dealkylation sites (tertiary alicyclic amines) is 1. The number of hydrogen-bond acceptors (Lipinski definition) is 4. The summed E-state index contributed by atoms with van der Waals surface area (Å²) in [7, 11) is 1.89. The molecule has 1 aromatic heterocycles. The molecule has 2 N–H and O–H groups in total. The molecule has 120 valence electrons. The van der Waals surface area contributed by atoms with Crippen molar-refractivity contribution in [2.24, 2.45) is 18.4 Å². The largest absolute Gasteiger partial charge is 0.338 e. The molecule has 0 spiro atoms. The van der Waals surface area contributed by atoms with Crippen molar-refractivity contribution in [3.05, 3.63) is 30.1 Å². The number of nitrogens with two attached hydrogens (primary N) is 1. The van der Waals surface area contributed by atoms with E-state index in [2.05, 4.69) is 0 Å². The minimum atomic E-state index is -0.237. The van der Waals surface area contributed by atoms with E-state index in [0.717, 1.165) is 12.8 Å². The van der Waals surface area contributed by atoms with Crippen molar-refractivity contribution < 1.29 is 19.0 Å². The third-order valence-corrected chi connectivity index (χ3v) is 4.31. The topological polar surface area (TPSA) is 76.5 Å². The third-order valence-electron chi connectivity index (χ3n) is 4.31. The summed E-state index contributed by atoms with van der Waals surface area (Å²) >= 11 is 0. The number of nitrogens with zero attached hydrogens (tertiary/aromatic N) is 2. The lowest BCUT2D eigenvalue weighted by molar-refractivity contribution is -0.671. The standard InChI is InChI=1S/C16H24N3O3/c1-13(20)10-16(12-22-17)5-8-19(9-6-16)15(21)14-4-3-7-18(2)11-14/h3-4,7,11H,5-6,8-10,12,17H2,1-2H3/q+1. The number of hydrogen-bond donors (Lipinski definition) is 1. The predicted molar refractivity (Wildman–Crippen MR) is 80.6 cm³/mol. The molecule has 1 aromatic rings. The van der Waals surface area contributed by atoms with Gasteiger partial charge in [0.1, 0.15) is 18.4 Å². The zero-order valence-electron chi connectivity index (χ0n) is 13.2. The molecule has 1 aliphatic heterocycles. The zero-order chi connectivity index (χ0) is 16.2. The predicted octanol–water partition coefficient (Wildman–Crippen LogP) is 0.603. The SMILES string of the molecule is CC(=O)CC1(CON)CCN(C(=O)c2ccc[n+](C)c2)CC1. The van der Waals surface area contributed by atoms with E-state index in [9.17, 15) is 9.59 Å². The first-order valence-electron chi connectivity index (χ1n) is 7.51. The molecule has 0 atom stereocenters. The average molecular weight is 306 g/mol. The Balaban J connectivity index is 2.04. The van der Waals surface area contributed by atoms with Gasteiger partial charge >= 0.3 is 0 Å². The van der Waals surface area contributed by atoms with Crippen molar-refractivity contribution in [3.8, 4) is 0 Å². The van der Waals surface area contributed by atoms with E-state index in [0.29, 0.717) is 31.7 Å². The molecule has 2 heterocycles. The molecule has 0 saturated carbocycles. The number of amides is 1. The number of rotatable bonds is 5. The normalized spacial score (nSPS) is 17.3. The fraction of sp³-hybridized carbons (Fsp3) is 0.562. The highest BCUT2D eigenvalue weighted by atomic mass is 16.6. The first-order valence-corrected chi connectivity index (χ1v) is 7.51. The molecule has 1 fully saturated rings. The van der Waals surface area contributed by atoms with Gasteiger partial charge in [-0.05, 0) is 25.8 Å². The lowest BCUT2D eigenvalue weighted by atomic mass is 9.75. The summed E-state index contributed by atoms with van der Waals surface area (Å²) in [6.07, 6.45) is 5.63. The Bertz CT molecular complexity index is 551. The maximum absolute atomic E-state index is 12.5. The van der Waals surface area contributed by atoms with Crippen LogP contribution in [0.2, 0.25) is 0 Å². The molecule has 1 saturated heterocycles.